The number of rotatable bonds is 8. The predicted octanol–water partition coefficient (Wildman–Crippen LogP) is 0.136. The van der Waals surface area contributed by atoms with Gasteiger partial charge in [-0.2, -0.15) is 0 Å². The Morgan fingerprint density at radius 2 is 1.97 bits per heavy atom. The van der Waals surface area contributed by atoms with Gasteiger partial charge in [0.25, 0.3) is 0 Å². The van der Waals surface area contributed by atoms with Gasteiger partial charge in [-0.3, -0.25) is 14.4 Å². The van der Waals surface area contributed by atoms with Gasteiger partial charge >= 0.3 is 5.97 Å². The number of aliphatic hydroxyl groups excluding tert-OH is 1. The number of nitrogens with one attached hydrogen (secondary N) is 2. The van der Waals surface area contributed by atoms with E-state index in [1.54, 1.807) is 0 Å². The molecule has 5 N–H and O–H groups in total. The van der Waals surface area contributed by atoms with Crippen LogP contribution in [-0.4, -0.2) is 65.8 Å². The van der Waals surface area contributed by atoms with Crippen LogP contribution in [0.15, 0.2) is 35.9 Å². The van der Waals surface area contributed by atoms with Gasteiger partial charge in [-0.05, 0) is 29.0 Å². The van der Waals surface area contributed by atoms with E-state index in [1.807, 2.05) is 6.08 Å². The second kappa shape index (κ2) is 10.7. The lowest BCUT2D eigenvalue weighted by Crippen LogP contribution is -2.50. The maximum Gasteiger partial charge on any atom is 0.310 e. The number of hydrogen-bond acceptors (Lipinski definition) is 7. The summed E-state index contributed by atoms with van der Waals surface area (Å²) in [6, 6.07) is 6.93. The lowest BCUT2D eigenvalue weighted by atomic mass is 10.0. The van der Waals surface area contributed by atoms with Gasteiger partial charge in [-0.25, -0.2) is 0 Å². The molecule has 0 aliphatic carbocycles. The largest absolute Gasteiger partial charge is 0.434 e. The quantitative estimate of drug-likeness (QED) is 0.331. The Morgan fingerprint density at radius 3 is 2.59 bits per heavy atom. The first kappa shape index (κ1) is 23.9. The highest BCUT2D eigenvalue weighted by molar-refractivity contribution is 5.88. The van der Waals surface area contributed by atoms with Crippen molar-refractivity contribution >= 4 is 17.8 Å². The van der Waals surface area contributed by atoms with Gasteiger partial charge in [-0.1, -0.05) is 44.2 Å². The molecule has 0 spiro atoms. The van der Waals surface area contributed by atoms with E-state index >= 15 is 0 Å². The van der Waals surface area contributed by atoms with Crippen LogP contribution in [0.2, 0.25) is 0 Å². The zero-order chi connectivity index (χ0) is 23.3. The minimum absolute atomic E-state index is 0.104. The second-order valence-electron chi connectivity index (χ2n) is 8.66. The number of hydrogen-bond donors (Lipinski definition) is 4. The van der Waals surface area contributed by atoms with E-state index in [2.05, 4.69) is 53.5 Å². The fraction of sp³-hybridized carbons (Fsp3) is 0.522. The molecule has 0 saturated carbocycles. The summed E-state index contributed by atoms with van der Waals surface area (Å²) >= 11 is 0. The molecule has 1 aromatic rings. The third-order valence-corrected chi connectivity index (χ3v) is 5.67. The number of amides is 2. The zero-order valence-electron chi connectivity index (χ0n) is 18.5. The first-order chi connectivity index (χ1) is 15.2. The van der Waals surface area contributed by atoms with E-state index < -0.39 is 30.3 Å². The van der Waals surface area contributed by atoms with Crippen LogP contribution in [0.3, 0.4) is 0 Å². The highest BCUT2D eigenvalue weighted by Crippen LogP contribution is 2.16. The molecule has 1 aromatic carbocycles. The monoisotopic (exact) mass is 444 g/mol. The van der Waals surface area contributed by atoms with Crippen molar-refractivity contribution in [2.45, 2.75) is 57.5 Å². The Bertz CT molecular complexity index is 868. The van der Waals surface area contributed by atoms with Crippen molar-refractivity contribution in [3.05, 3.63) is 47.0 Å². The van der Waals surface area contributed by atoms with Crippen molar-refractivity contribution in [3.63, 3.8) is 0 Å². The Labute approximate surface area is 188 Å². The Balaban J connectivity index is 1.52. The highest BCUT2D eigenvalue weighted by Gasteiger charge is 2.35. The number of esters is 1. The van der Waals surface area contributed by atoms with Gasteiger partial charge in [-0.15, -0.1) is 0 Å². The molecule has 3 atom stereocenters. The number of cyclic esters (lactones) is 1. The third kappa shape index (κ3) is 6.38. The van der Waals surface area contributed by atoms with Gasteiger partial charge in [0.1, 0.15) is 6.04 Å². The molecule has 1 fully saturated rings. The average Bonchev–Trinajstić information content (AvgIpc) is 3.00. The first-order valence-corrected chi connectivity index (χ1v) is 10.9. The average molecular weight is 445 g/mol. The predicted molar refractivity (Wildman–Crippen MR) is 118 cm³/mol. The number of carbonyl (C=O) groups excluding carboxylic acids is 3. The molecule has 2 aliphatic rings. The minimum atomic E-state index is -1.37. The molecule has 174 valence electrons. The molecule has 1 saturated heterocycles. The Hall–Kier alpha value is -2.75. The smallest absolute Gasteiger partial charge is 0.310 e. The molecule has 0 aromatic heterocycles. The number of nitrogens with zero attached hydrogens (tertiary/aromatic N) is 1. The summed E-state index contributed by atoms with van der Waals surface area (Å²) in [5.41, 5.74) is 9.41. The van der Waals surface area contributed by atoms with Crippen LogP contribution in [0.25, 0.3) is 0 Å². The fourth-order valence-corrected chi connectivity index (χ4v) is 3.76. The van der Waals surface area contributed by atoms with Crippen molar-refractivity contribution < 1.29 is 24.2 Å². The number of benzene rings is 1. The molecular weight excluding hydrogens is 412 g/mol. The van der Waals surface area contributed by atoms with E-state index in [0.717, 1.165) is 5.57 Å². The summed E-state index contributed by atoms with van der Waals surface area (Å²) in [7, 11) is 0. The lowest BCUT2D eigenvalue weighted by molar-refractivity contribution is -0.155. The van der Waals surface area contributed by atoms with Crippen LogP contribution in [0.5, 0.6) is 0 Å². The molecular formula is C23H32N4O5. The molecule has 9 nitrogen and oxygen atoms in total. The first-order valence-electron chi connectivity index (χ1n) is 10.9. The standard InChI is InChI=1S/C23H32N4O5/c1-14(2)17-6-3-15(4-7-17)10-25-11-16-5-8-18(24)22(30)27(12-16)13-20(28)26-19-9-21(29)32-23(19)31/h3-7,14,18-19,23,25,31H,8-13,24H2,1-2H3,(H,26,28). The Morgan fingerprint density at radius 1 is 1.25 bits per heavy atom. The second-order valence-corrected chi connectivity index (χ2v) is 8.66. The third-order valence-electron chi connectivity index (χ3n) is 5.67. The summed E-state index contributed by atoms with van der Waals surface area (Å²) in [5.74, 6) is -0.879. The van der Waals surface area contributed by atoms with E-state index in [4.69, 9.17) is 5.73 Å². The normalized spacial score (nSPS) is 23.7. The molecule has 9 heteroatoms. The van der Waals surface area contributed by atoms with Crippen LogP contribution in [0, 0.1) is 0 Å². The van der Waals surface area contributed by atoms with E-state index in [0.29, 0.717) is 25.4 Å². The van der Waals surface area contributed by atoms with Crippen LogP contribution >= 0.6 is 0 Å². The van der Waals surface area contributed by atoms with Crippen LogP contribution < -0.4 is 16.4 Å². The van der Waals surface area contributed by atoms with Crippen LogP contribution in [-0.2, 0) is 25.7 Å². The van der Waals surface area contributed by atoms with Gasteiger partial charge in [0.05, 0.1) is 19.0 Å². The summed E-state index contributed by atoms with van der Waals surface area (Å²) in [6.07, 6.45) is 0.875. The summed E-state index contributed by atoms with van der Waals surface area (Å²) in [6.45, 7) is 5.64. The summed E-state index contributed by atoms with van der Waals surface area (Å²) in [4.78, 5) is 37.7. The molecule has 2 amide bonds. The molecule has 2 aliphatic heterocycles. The minimum Gasteiger partial charge on any atom is -0.434 e. The van der Waals surface area contributed by atoms with Crippen molar-refractivity contribution in [1.29, 1.82) is 0 Å². The van der Waals surface area contributed by atoms with Gasteiger partial charge < -0.3 is 31.1 Å². The molecule has 32 heavy (non-hydrogen) atoms. The van der Waals surface area contributed by atoms with Gasteiger partial charge in [0, 0.05) is 19.6 Å². The molecule has 0 bridgehead atoms. The number of nitrogens with two attached hydrogens (primary N) is 1. The fourth-order valence-electron chi connectivity index (χ4n) is 3.76. The van der Waals surface area contributed by atoms with Gasteiger partial charge in [0.2, 0.25) is 18.1 Å². The lowest BCUT2D eigenvalue weighted by Gasteiger charge is -2.24. The maximum absolute atomic E-state index is 12.6. The highest BCUT2D eigenvalue weighted by atomic mass is 16.6. The van der Waals surface area contributed by atoms with Crippen LogP contribution in [0.1, 0.15) is 43.7 Å². The van der Waals surface area contributed by atoms with E-state index in [-0.39, 0.29) is 25.4 Å². The molecule has 0 radical (unpaired) electrons. The molecule has 3 unspecified atom stereocenters. The zero-order valence-corrected chi connectivity index (χ0v) is 18.5. The van der Waals surface area contributed by atoms with Crippen molar-refractivity contribution in [2.24, 2.45) is 5.73 Å². The van der Waals surface area contributed by atoms with Gasteiger partial charge in [0.15, 0.2) is 0 Å². The van der Waals surface area contributed by atoms with Crippen molar-refractivity contribution in [1.82, 2.24) is 15.5 Å². The van der Waals surface area contributed by atoms with Crippen molar-refractivity contribution in [2.75, 3.05) is 19.6 Å². The summed E-state index contributed by atoms with van der Waals surface area (Å²) in [5, 5.41) is 15.6. The SMILES string of the molecule is CC(C)c1ccc(CNCC2=CCC(N)C(=O)N(CC(=O)NC3CC(=O)OC3O)C2)cc1. The topological polar surface area (TPSA) is 134 Å². The van der Waals surface area contributed by atoms with E-state index in [1.165, 1.54) is 16.0 Å². The van der Waals surface area contributed by atoms with Crippen LogP contribution in [0.4, 0.5) is 0 Å². The van der Waals surface area contributed by atoms with E-state index in [9.17, 15) is 19.5 Å². The molecule has 2 heterocycles. The van der Waals surface area contributed by atoms with Crippen molar-refractivity contribution in [3.8, 4) is 0 Å². The summed E-state index contributed by atoms with van der Waals surface area (Å²) < 4.78 is 4.62. The molecule has 3 rings (SSSR count). The number of aliphatic hydroxyl groups is 1. The number of ether oxygens (including phenoxy) is 1. The Kier molecular flexibility index (Phi) is 8.00. The number of carbonyl (C=O) groups is 3. The maximum atomic E-state index is 12.6.